The number of likely N-dealkylation sites (tertiary alicyclic amines) is 1. The Kier molecular flexibility index (Phi) is 4.98. The minimum Gasteiger partial charge on any atom is -0.470 e. The average molecular weight is 318 g/mol. The third-order valence-corrected chi connectivity index (χ3v) is 4.76. The Morgan fingerprint density at radius 1 is 1.17 bits per heavy atom. The Morgan fingerprint density at radius 3 is 2.65 bits per heavy atom. The van der Waals surface area contributed by atoms with Gasteiger partial charge in [-0.1, -0.05) is 19.3 Å². The van der Waals surface area contributed by atoms with Gasteiger partial charge in [-0.25, -0.2) is 9.97 Å². The van der Waals surface area contributed by atoms with Crippen LogP contribution in [0.25, 0.3) is 0 Å². The maximum Gasteiger partial charge on any atom is 0.257 e. The third-order valence-electron chi connectivity index (χ3n) is 4.76. The lowest BCUT2D eigenvalue weighted by Gasteiger charge is -2.26. The van der Waals surface area contributed by atoms with Crippen LogP contribution in [0.3, 0.4) is 0 Å². The molecule has 1 amide bonds. The van der Waals surface area contributed by atoms with Crippen molar-refractivity contribution in [2.75, 3.05) is 32.1 Å². The largest absolute Gasteiger partial charge is 0.470 e. The van der Waals surface area contributed by atoms with Crippen LogP contribution in [0.5, 0.6) is 5.88 Å². The van der Waals surface area contributed by atoms with Crippen LogP contribution in [0, 0.1) is 5.92 Å². The van der Waals surface area contributed by atoms with Crippen molar-refractivity contribution < 1.29 is 9.53 Å². The number of carbonyl (C=O) groups excluding carboxylic acids is 1. The number of nitrogens with zero attached hydrogens (tertiary/aromatic N) is 4. The van der Waals surface area contributed by atoms with Crippen molar-refractivity contribution in [3.05, 3.63) is 12.4 Å². The summed E-state index contributed by atoms with van der Waals surface area (Å²) < 4.78 is 6.03. The van der Waals surface area contributed by atoms with Crippen molar-refractivity contribution in [3.63, 3.8) is 0 Å². The van der Waals surface area contributed by atoms with Crippen molar-refractivity contribution in [1.82, 2.24) is 14.9 Å². The molecule has 6 heteroatoms. The molecule has 2 fully saturated rings. The van der Waals surface area contributed by atoms with Crippen LogP contribution in [0.1, 0.15) is 38.5 Å². The summed E-state index contributed by atoms with van der Waals surface area (Å²) >= 11 is 0. The molecule has 1 saturated heterocycles. The van der Waals surface area contributed by atoms with Crippen molar-refractivity contribution >= 4 is 11.7 Å². The van der Waals surface area contributed by atoms with Gasteiger partial charge < -0.3 is 14.5 Å². The zero-order chi connectivity index (χ0) is 16.2. The quantitative estimate of drug-likeness (QED) is 0.851. The minimum absolute atomic E-state index is 0.0120. The molecule has 1 aliphatic heterocycles. The second kappa shape index (κ2) is 7.15. The van der Waals surface area contributed by atoms with E-state index in [1.54, 1.807) is 12.4 Å². The second-order valence-electron chi connectivity index (χ2n) is 6.73. The number of anilines is 1. The standard InChI is InChI=1S/C17H26N4O2/c1-20(2)15-16(19-10-9-18-15)23-14-8-11-21(12-14)17(22)13-6-4-3-5-7-13/h9-10,13-14H,3-8,11-12H2,1-2H3. The summed E-state index contributed by atoms with van der Waals surface area (Å²) in [6, 6.07) is 0. The highest BCUT2D eigenvalue weighted by Gasteiger charge is 2.33. The number of ether oxygens (including phenoxy) is 1. The number of hydrogen-bond acceptors (Lipinski definition) is 5. The van der Waals surface area contributed by atoms with Crippen LogP contribution < -0.4 is 9.64 Å². The Hall–Kier alpha value is -1.85. The monoisotopic (exact) mass is 318 g/mol. The molecule has 6 nitrogen and oxygen atoms in total. The maximum atomic E-state index is 12.6. The van der Waals surface area contributed by atoms with Crippen molar-refractivity contribution in [2.24, 2.45) is 5.92 Å². The minimum atomic E-state index is 0.0120. The smallest absolute Gasteiger partial charge is 0.257 e. The summed E-state index contributed by atoms with van der Waals surface area (Å²) in [6.07, 6.45) is 9.94. The molecule has 0 spiro atoms. The number of rotatable bonds is 4. The molecular formula is C17H26N4O2. The van der Waals surface area contributed by atoms with Crippen LogP contribution in [0.15, 0.2) is 12.4 Å². The van der Waals surface area contributed by atoms with Crippen molar-refractivity contribution in [1.29, 1.82) is 0 Å². The Morgan fingerprint density at radius 2 is 1.91 bits per heavy atom. The topological polar surface area (TPSA) is 58.6 Å². The molecule has 1 aromatic rings. The van der Waals surface area contributed by atoms with Gasteiger partial charge in [-0.15, -0.1) is 0 Å². The molecule has 126 valence electrons. The molecule has 1 unspecified atom stereocenters. The Bertz CT molecular complexity index is 543. The molecule has 1 aromatic heterocycles. The molecule has 0 aromatic carbocycles. The Balaban J connectivity index is 1.59. The van der Waals surface area contributed by atoms with E-state index >= 15 is 0 Å². The van der Waals surface area contributed by atoms with E-state index in [0.717, 1.165) is 31.6 Å². The highest BCUT2D eigenvalue weighted by atomic mass is 16.5. The number of amides is 1. The number of hydrogen-bond donors (Lipinski definition) is 0. The lowest BCUT2D eigenvalue weighted by Crippen LogP contribution is -2.36. The van der Waals surface area contributed by atoms with Gasteiger partial charge in [0.1, 0.15) is 6.10 Å². The molecule has 0 radical (unpaired) electrons. The van der Waals surface area contributed by atoms with Crippen LogP contribution in [0.4, 0.5) is 5.82 Å². The molecule has 0 bridgehead atoms. The van der Waals surface area contributed by atoms with Gasteiger partial charge in [0, 0.05) is 45.4 Å². The molecule has 2 heterocycles. The predicted molar refractivity (Wildman–Crippen MR) is 88.5 cm³/mol. The zero-order valence-electron chi connectivity index (χ0n) is 14.1. The fourth-order valence-electron chi connectivity index (χ4n) is 3.50. The van der Waals surface area contributed by atoms with E-state index in [1.807, 2.05) is 23.9 Å². The lowest BCUT2D eigenvalue weighted by molar-refractivity contribution is -0.135. The van der Waals surface area contributed by atoms with Crippen LogP contribution in [0.2, 0.25) is 0 Å². The molecule has 23 heavy (non-hydrogen) atoms. The first-order valence-electron chi connectivity index (χ1n) is 8.59. The summed E-state index contributed by atoms with van der Waals surface area (Å²) in [5.41, 5.74) is 0. The lowest BCUT2D eigenvalue weighted by atomic mass is 9.88. The van der Waals surface area contributed by atoms with Gasteiger partial charge >= 0.3 is 0 Å². The summed E-state index contributed by atoms with van der Waals surface area (Å²) in [7, 11) is 3.84. The van der Waals surface area contributed by atoms with E-state index in [2.05, 4.69) is 9.97 Å². The van der Waals surface area contributed by atoms with E-state index in [-0.39, 0.29) is 12.0 Å². The summed E-state index contributed by atoms with van der Waals surface area (Å²) in [6.45, 7) is 1.45. The van der Waals surface area contributed by atoms with E-state index in [9.17, 15) is 4.79 Å². The molecule has 2 aliphatic rings. The molecule has 1 saturated carbocycles. The van der Waals surface area contributed by atoms with E-state index in [0.29, 0.717) is 18.3 Å². The van der Waals surface area contributed by atoms with Crippen LogP contribution in [-0.2, 0) is 4.79 Å². The van der Waals surface area contributed by atoms with Gasteiger partial charge in [-0.3, -0.25) is 4.79 Å². The van der Waals surface area contributed by atoms with Crippen molar-refractivity contribution in [3.8, 4) is 5.88 Å². The summed E-state index contributed by atoms with van der Waals surface area (Å²) in [5, 5.41) is 0. The first kappa shape index (κ1) is 16.0. The van der Waals surface area contributed by atoms with Crippen LogP contribution >= 0.6 is 0 Å². The van der Waals surface area contributed by atoms with Gasteiger partial charge in [-0.05, 0) is 12.8 Å². The first-order valence-corrected chi connectivity index (χ1v) is 8.59. The highest BCUT2D eigenvalue weighted by molar-refractivity contribution is 5.79. The fraction of sp³-hybridized carbons (Fsp3) is 0.706. The summed E-state index contributed by atoms with van der Waals surface area (Å²) in [5.74, 6) is 1.83. The number of carbonyl (C=O) groups is 1. The molecule has 1 atom stereocenters. The van der Waals surface area contributed by atoms with Gasteiger partial charge in [0.25, 0.3) is 5.88 Å². The molecular weight excluding hydrogens is 292 g/mol. The summed E-state index contributed by atoms with van der Waals surface area (Å²) in [4.78, 5) is 25.1. The van der Waals surface area contributed by atoms with Gasteiger partial charge in [-0.2, -0.15) is 0 Å². The molecule has 3 rings (SSSR count). The van der Waals surface area contributed by atoms with E-state index < -0.39 is 0 Å². The van der Waals surface area contributed by atoms with Gasteiger partial charge in [0.05, 0.1) is 6.54 Å². The normalized spacial score (nSPS) is 22.2. The maximum absolute atomic E-state index is 12.6. The fourth-order valence-corrected chi connectivity index (χ4v) is 3.50. The third kappa shape index (κ3) is 3.74. The predicted octanol–water partition coefficient (Wildman–Crippen LogP) is 2.10. The molecule has 1 aliphatic carbocycles. The van der Waals surface area contributed by atoms with E-state index in [4.69, 9.17) is 4.74 Å². The van der Waals surface area contributed by atoms with Crippen LogP contribution in [-0.4, -0.2) is 54.1 Å². The first-order chi connectivity index (χ1) is 11.1. The number of aromatic nitrogens is 2. The second-order valence-corrected chi connectivity index (χ2v) is 6.73. The van der Waals surface area contributed by atoms with Gasteiger partial charge in [0.15, 0.2) is 5.82 Å². The van der Waals surface area contributed by atoms with Crippen molar-refractivity contribution in [2.45, 2.75) is 44.6 Å². The zero-order valence-corrected chi connectivity index (χ0v) is 14.1. The Labute approximate surface area is 137 Å². The SMILES string of the molecule is CN(C)c1nccnc1OC1CCN(C(=O)C2CCCCC2)C1. The van der Waals surface area contributed by atoms with Gasteiger partial charge in [0.2, 0.25) is 5.91 Å². The van der Waals surface area contributed by atoms with E-state index in [1.165, 1.54) is 19.3 Å². The molecule has 0 N–H and O–H groups in total. The highest BCUT2D eigenvalue weighted by Crippen LogP contribution is 2.28. The average Bonchev–Trinajstić information content (AvgIpc) is 3.04.